The summed E-state index contributed by atoms with van der Waals surface area (Å²) in [6, 6.07) is 0.818. The third kappa shape index (κ3) is 1.06. The molecular formula is C8H16N2. The van der Waals surface area contributed by atoms with Gasteiger partial charge in [-0.05, 0) is 32.4 Å². The monoisotopic (exact) mass is 140 g/mol. The van der Waals surface area contributed by atoms with Gasteiger partial charge in [0.2, 0.25) is 0 Å². The zero-order valence-corrected chi connectivity index (χ0v) is 6.64. The minimum absolute atomic E-state index is 0.818. The molecule has 0 spiro atoms. The fourth-order valence-corrected chi connectivity index (χ4v) is 2.26. The maximum Gasteiger partial charge on any atom is 0.0235 e. The molecule has 0 aliphatic carbocycles. The Morgan fingerprint density at radius 2 is 2.30 bits per heavy atom. The van der Waals surface area contributed by atoms with Crippen molar-refractivity contribution in [2.45, 2.75) is 18.9 Å². The molecule has 0 aromatic carbocycles. The van der Waals surface area contributed by atoms with Crippen molar-refractivity contribution in [1.29, 1.82) is 0 Å². The van der Waals surface area contributed by atoms with Gasteiger partial charge in [0.25, 0.3) is 0 Å². The van der Waals surface area contributed by atoms with Crippen molar-refractivity contribution in [3.63, 3.8) is 0 Å². The average Bonchev–Trinajstić information content (AvgIpc) is 2.27. The van der Waals surface area contributed by atoms with Crippen LogP contribution < -0.4 is 5.32 Å². The van der Waals surface area contributed by atoms with Crippen molar-refractivity contribution >= 4 is 0 Å². The number of rotatable bonds is 0. The molecule has 2 fully saturated rings. The first-order valence-electron chi connectivity index (χ1n) is 4.28. The summed E-state index contributed by atoms with van der Waals surface area (Å²) in [7, 11) is 2.22. The van der Waals surface area contributed by atoms with Gasteiger partial charge in [-0.1, -0.05) is 0 Å². The summed E-state index contributed by atoms with van der Waals surface area (Å²) < 4.78 is 0. The van der Waals surface area contributed by atoms with E-state index in [0.29, 0.717) is 0 Å². The fourth-order valence-electron chi connectivity index (χ4n) is 2.26. The third-order valence-corrected chi connectivity index (χ3v) is 2.78. The molecule has 2 heteroatoms. The van der Waals surface area contributed by atoms with Crippen molar-refractivity contribution in [1.82, 2.24) is 10.2 Å². The molecule has 2 rings (SSSR count). The van der Waals surface area contributed by atoms with Crippen LogP contribution in [0.25, 0.3) is 0 Å². The van der Waals surface area contributed by atoms with Crippen LogP contribution in [-0.2, 0) is 0 Å². The predicted octanol–water partition coefficient (Wildman–Crippen LogP) is 0.300. The molecule has 0 aromatic rings. The van der Waals surface area contributed by atoms with Crippen LogP contribution in [0.4, 0.5) is 0 Å². The Morgan fingerprint density at radius 3 is 3.10 bits per heavy atom. The topological polar surface area (TPSA) is 15.3 Å². The molecule has 0 unspecified atom stereocenters. The van der Waals surface area contributed by atoms with Gasteiger partial charge in [0.05, 0.1) is 0 Å². The molecule has 58 valence electrons. The summed E-state index contributed by atoms with van der Waals surface area (Å²) in [6.45, 7) is 3.83. The second-order valence-corrected chi connectivity index (χ2v) is 3.68. The van der Waals surface area contributed by atoms with E-state index >= 15 is 0 Å². The van der Waals surface area contributed by atoms with Crippen LogP contribution in [0.3, 0.4) is 0 Å². The first-order valence-corrected chi connectivity index (χ1v) is 4.28. The molecule has 2 saturated heterocycles. The molecule has 10 heavy (non-hydrogen) atoms. The number of likely N-dealkylation sites (N-methyl/N-ethyl adjacent to an activating group) is 1. The molecule has 2 aliphatic rings. The normalized spacial score (nSPS) is 41.7. The Labute approximate surface area is 62.6 Å². The maximum absolute atomic E-state index is 3.57. The van der Waals surface area contributed by atoms with Crippen LogP contribution >= 0.6 is 0 Å². The van der Waals surface area contributed by atoms with Crippen molar-refractivity contribution in [3.05, 3.63) is 0 Å². The lowest BCUT2D eigenvalue weighted by atomic mass is 9.94. The molecule has 2 heterocycles. The van der Waals surface area contributed by atoms with Crippen LogP contribution in [0, 0.1) is 5.92 Å². The molecule has 2 aliphatic heterocycles. The van der Waals surface area contributed by atoms with E-state index in [1.807, 2.05) is 0 Å². The van der Waals surface area contributed by atoms with E-state index in [2.05, 4.69) is 17.3 Å². The number of piperidine rings is 1. The first kappa shape index (κ1) is 6.62. The van der Waals surface area contributed by atoms with Gasteiger partial charge in [-0.2, -0.15) is 0 Å². The van der Waals surface area contributed by atoms with E-state index < -0.39 is 0 Å². The maximum atomic E-state index is 3.57. The number of likely N-dealkylation sites (tertiary alicyclic amines) is 1. The number of fused-ring (bicyclic) bond motifs is 1. The number of hydrogen-bond donors (Lipinski definition) is 1. The minimum atomic E-state index is 0.818. The lowest BCUT2D eigenvalue weighted by molar-refractivity contribution is 0.338. The standard InChI is InChI=1S/C8H16N2/c1-10-5-7-3-2-4-9-8(7)6-10/h7-9H,2-6H2,1H3/t7-,8-/m1/s1. The van der Waals surface area contributed by atoms with Crippen LogP contribution in [0.15, 0.2) is 0 Å². The smallest absolute Gasteiger partial charge is 0.0235 e. The van der Waals surface area contributed by atoms with Gasteiger partial charge in [-0.15, -0.1) is 0 Å². The van der Waals surface area contributed by atoms with Gasteiger partial charge in [0.15, 0.2) is 0 Å². The van der Waals surface area contributed by atoms with Gasteiger partial charge in [0, 0.05) is 19.1 Å². The lowest BCUT2D eigenvalue weighted by Crippen LogP contribution is -2.40. The van der Waals surface area contributed by atoms with Crippen molar-refractivity contribution in [3.8, 4) is 0 Å². The lowest BCUT2D eigenvalue weighted by Gasteiger charge is -2.24. The third-order valence-electron chi connectivity index (χ3n) is 2.78. The molecular weight excluding hydrogens is 124 g/mol. The van der Waals surface area contributed by atoms with E-state index in [-0.39, 0.29) is 0 Å². The Balaban J connectivity index is 1.97. The SMILES string of the molecule is CN1C[C@H]2CCCN[C@@H]2C1. The summed E-state index contributed by atoms with van der Waals surface area (Å²) in [4.78, 5) is 2.44. The summed E-state index contributed by atoms with van der Waals surface area (Å²) in [6.07, 6.45) is 2.83. The largest absolute Gasteiger partial charge is 0.312 e. The number of nitrogens with one attached hydrogen (secondary N) is 1. The molecule has 0 aromatic heterocycles. The van der Waals surface area contributed by atoms with Gasteiger partial charge in [-0.3, -0.25) is 0 Å². The molecule has 2 nitrogen and oxygen atoms in total. The van der Waals surface area contributed by atoms with Gasteiger partial charge in [0.1, 0.15) is 0 Å². The highest BCUT2D eigenvalue weighted by molar-refractivity contribution is 4.90. The number of nitrogens with zero attached hydrogens (tertiary/aromatic N) is 1. The van der Waals surface area contributed by atoms with E-state index in [9.17, 15) is 0 Å². The van der Waals surface area contributed by atoms with Gasteiger partial charge >= 0.3 is 0 Å². The average molecular weight is 140 g/mol. The van der Waals surface area contributed by atoms with Crippen molar-refractivity contribution < 1.29 is 0 Å². The Bertz CT molecular complexity index is 110. The summed E-state index contributed by atoms with van der Waals surface area (Å²) in [5, 5.41) is 3.57. The van der Waals surface area contributed by atoms with Crippen LogP contribution in [0.1, 0.15) is 12.8 Å². The second-order valence-electron chi connectivity index (χ2n) is 3.68. The highest BCUT2D eigenvalue weighted by Gasteiger charge is 2.31. The van der Waals surface area contributed by atoms with Crippen molar-refractivity contribution in [2.75, 3.05) is 26.7 Å². The number of hydrogen-bond acceptors (Lipinski definition) is 2. The highest BCUT2D eigenvalue weighted by Crippen LogP contribution is 2.23. The highest BCUT2D eigenvalue weighted by atomic mass is 15.2. The Hall–Kier alpha value is -0.0800. The zero-order valence-electron chi connectivity index (χ0n) is 6.64. The molecule has 0 radical (unpaired) electrons. The van der Waals surface area contributed by atoms with E-state index in [0.717, 1.165) is 12.0 Å². The Morgan fingerprint density at radius 1 is 1.40 bits per heavy atom. The predicted molar refractivity (Wildman–Crippen MR) is 42.0 cm³/mol. The van der Waals surface area contributed by atoms with Crippen molar-refractivity contribution in [2.24, 2.45) is 5.92 Å². The molecule has 0 amide bonds. The molecule has 0 saturated carbocycles. The summed E-state index contributed by atoms with van der Waals surface area (Å²) in [5.41, 5.74) is 0. The quantitative estimate of drug-likeness (QED) is 0.520. The van der Waals surface area contributed by atoms with E-state index in [1.54, 1.807) is 0 Å². The van der Waals surface area contributed by atoms with Gasteiger partial charge < -0.3 is 10.2 Å². The van der Waals surface area contributed by atoms with E-state index in [1.165, 1.54) is 32.5 Å². The van der Waals surface area contributed by atoms with E-state index in [4.69, 9.17) is 0 Å². The summed E-state index contributed by atoms with van der Waals surface area (Å²) in [5.74, 6) is 0.957. The molecule has 1 N–H and O–H groups in total. The van der Waals surface area contributed by atoms with Gasteiger partial charge in [-0.25, -0.2) is 0 Å². The minimum Gasteiger partial charge on any atom is -0.312 e. The molecule has 2 atom stereocenters. The Kier molecular flexibility index (Phi) is 1.66. The first-order chi connectivity index (χ1) is 4.86. The zero-order chi connectivity index (χ0) is 6.97. The van der Waals surface area contributed by atoms with Crippen LogP contribution in [-0.4, -0.2) is 37.6 Å². The van der Waals surface area contributed by atoms with Crippen LogP contribution in [0.2, 0.25) is 0 Å². The van der Waals surface area contributed by atoms with Crippen LogP contribution in [0.5, 0.6) is 0 Å². The summed E-state index contributed by atoms with van der Waals surface area (Å²) >= 11 is 0. The second kappa shape index (κ2) is 2.51. The fraction of sp³-hybridized carbons (Fsp3) is 1.00. The molecule has 0 bridgehead atoms.